The van der Waals surface area contributed by atoms with E-state index in [1.807, 2.05) is 84.9 Å². The largest absolute Gasteiger partial charge is 0.511 e. The van der Waals surface area contributed by atoms with Crippen LogP contribution in [0.5, 0.6) is 0 Å². The van der Waals surface area contributed by atoms with Crippen LogP contribution in [0.4, 0.5) is 4.79 Å². The van der Waals surface area contributed by atoms with Crippen LogP contribution in [-0.4, -0.2) is 42.4 Å². The molecule has 0 fully saturated rings. The molecular weight excluding hydrogens is 574 g/mol. The molecule has 3 rings (SSSR count). The second-order valence-corrected chi connectivity index (χ2v) is 11.3. The van der Waals surface area contributed by atoms with Crippen molar-refractivity contribution >= 4 is 24.0 Å². The van der Waals surface area contributed by atoms with Gasteiger partial charge in [-0.1, -0.05) is 91.9 Å². The Morgan fingerprint density at radius 1 is 0.667 bits per heavy atom. The van der Waals surface area contributed by atoms with Gasteiger partial charge < -0.3 is 24.3 Å². The molecule has 0 heterocycles. The summed E-state index contributed by atoms with van der Waals surface area (Å²) in [4.78, 5) is 50.0. The molecule has 45 heavy (non-hydrogen) atoms. The van der Waals surface area contributed by atoms with Gasteiger partial charge in [-0.3, -0.25) is 14.4 Å². The number of hydrogen-bond donors (Lipinski definition) is 1. The number of hydrogen-bond acceptors (Lipinski definition) is 8. The summed E-state index contributed by atoms with van der Waals surface area (Å²) in [6, 6.07) is 26.9. The fraction of sp³-hybridized carbons (Fsp3) is 0.389. The van der Waals surface area contributed by atoms with Gasteiger partial charge in [-0.2, -0.15) is 0 Å². The summed E-state index contributed by atoms with van der Waals surface area (Å²) in [5.41, 5.74) is 3.98. The molecule has 1 amide bonds. The summed E-state index contributed by atoms with van der Waals surface area (Å²) >= 11 is 0. The van der Waals surface area contributed by atoms with Crippen LogP contribution in [0.25, 0.3) is 11.1 Å². The highest BCUT2D eigenvalue weighted by atomic mass is 16.8. The number of carbonyl (C=O) groups excluding carboxylic acids is 4. The molecule has 3 aromatic rings. The Morgan fingerprint density at radius 2 is 1.27 bits per heavy atom. The van der Waals surface area contributed by atoms with Gasteiger partial charge in [0.2, 0.25) is 12.2 Å². The van der Waals surface area contributed by atoms with Crippen molar-refractivity contribution in [3.63, 3.8) is 0 Å². The third-order valence-electron chi connectivity index (χ3n) is 6.96. The first-order valence-corrected chi connectivity index (χ1v) is 15.3. The lowest BCUT2D eigenvalue weighted by atomic mass is 9.94. The second-order valence-electron chi connectivity index (χ2n) is 11.3. The van der Waals surface area contributed by atoms with E-state index in [-0.39, 0.29) is 31.3 Å². The van der Waals surface area contributed by atoms with Gasteiger partial charge in [0.1, 0.15) is 6.10 Å². The fourth-order valence-electron chi connectivity index (χ4n) is 4.69. The smallest absolute Gasteiger partial charge is 0.458 e. The van der Waals surface area contributed by atoms with Crippen molar-refractivity contribution in [2.75, 3.05) is 0 Å². The third-order valence-corrected chi connectivity index (χ3v) is 6.96. The van der Waals surface area contributed by atoms with E-state index in [1.54, 1.807) is 27.7 Å². The first kappa shape index (κ1) is 34.8. The lowest BCUT2D eigenvalue weighted by Gasteiger charge is -2.23. The van der Waals surface area contributed by atoms with Crippen molar-refractivity contribution in [2.24, 2.45) is 5.92 Å². The molecule has 0 radical (unpaired) electrons. The van der Waals surface area contributed by atoms with E-state index in [1.165, 1.54) is 6.92 Å². The Balaban J connectivity index is 1.61. The normalized spacial score (nSPS) is 13.6. The first-order valence-electron chi connectivity index (χ1n) is 15.3. The maximum absolute atomic E-state index is 13.0. The highest BCUT2D eigenvalue weighted by Crippen LogP contribution is 2.22. The Morgan fingerprint density at radius 3 is 1.89 bits per heavy atom. The Kier molecular flexibility index (Phi) is 13.6. The van der Waals surface area contributed by atoms with Crippen LogP contribution >= 0.6 is 0 Å². The van der Waals surface area contributed by atoms with Crippen molar-refractivity contribution in [3.8, 4) is 11.1 Å². The highest BCUT2D eigenvalue weighted by molar-refractivity contribution is 5.81. The predicted octanol–water partition coefficient (Wildman–Crippen LogP) is 6.94. The molecule has 9 nitrogen and oxygen atoms in total. The van der Waals surface area contributed by atoms with E-state index in [2.05, 4.69) is 5.32 Å². The Labute approximate surface area is 265 Å². The standard InChI is InChI=1S/C36H43NO8/c1-24(2)42-36(41)45-27(5)44-35(40)25(3)22-32(23-28-16-18-31(19-17-28)30-14-10-7-11-15-30)37-33(38)20-21-34(39)43-26(4)29-12-8-6-9-13-29/h6-19,24-27,32H,20-23H2,1-5H3,(H,37,38)/t25-,26-,27?,32+/m1/s1. The van der Waals surface area contributed by atoms with Gasteiger partial charge in [-0.15, -0.1) is 0 Å². The maximum atomic E-state index is 13.0. The molecule has 1 unspecified atom stereocenters. The van der Waals surface area contributed by atoms with Crippen LogP contribution in [0.3, 0.4) is 0 Å². The number of ether oxygens (including phenoxy) is 4. The second kappa shape index (κ2) is 17.6. The number of nitrogens with one attached hydrogen (secondary N) is 1. The van der Waals surface area contributed by atoms with E-state index < -0.39 is 42.4 Å². The van der Waals surface area contributed by atoms with Crippen molar-refractivity contribution in [3.05, 3.63) is 96.1 Å². The van der Waals surface area contributed by atoms with Gasteiger partial charge in [0.25, 0.3) is 0 Å². The number of amides is 1. The molecule has 0 spiro atoms. The van der Waals surface area contributed by atoms with E-state index >= 15 is 0 Å². The minimum atomic E-state index is -1.14. The van der Waals surface area contributed by atoms with Gasteiger partial charge in [-0.25, -0.2) is 4.79 Å². The van der Waals surface area contributed by atoms with Crippen LogP contribution in [0.15, 0.2) is 84.9 Å². The third kappa shape index (κ3) is 12.5. The molecule has 0 bridgehead atoms. The van der Waals surface area contributed by atoms with Crippen molar-refractivity contribution in [1.82, 2.24) is 5.32 Å². The summed E-state index contributed by atoms with van der Waals surface area (Å²) in [7, 11) is 0. The number of carbonyl (C=O) groups is 4. The lowest BCUT2D eigenvalue weighted by molar-refractivity contribution is -0.173. The van der Waals surface area contributed by atoms with Crippen molar-refractivity contribution < 1.29 is 38.1 Å². The molecule has 0 aliphatic heterocycles. The van der Waals surface area contributed by atoms with Crippen LogP contribution in [-0.2, 0) is 39.8 Å². The minimum absolute atomic E-state index is 0.0640. The van der Waals surface area contributed by atoms with Gasteiger partial charge >= 0.3 is 18.1 Å². The lowest BCUT2D eigenvalue weighted by Crippen LogP contribution is -2.39. The van der Waals surface area contributed by atoms with Crippen LogP contribution < -0.4 is 5.32 Å². The van der Waals surface area contributed by atoms with Crippen molar-refractivity contribution in [1.29, 1.82) is 0 Å². The molecule has 0 aromatic heterocycles. The average Bonchev–Trinajstić information content (AvgIpc) is 3.00. The Hall–Kier alpha value is -4.66. The summed E-state index contributed by atoms with van der Waals surface area (Å²) in [5.74, 6) is -2.03. The molecule has 4 atom stereocenters. The maximum Gasteiger partial charge on any atom is 0.511 e. The fourth-order valence-corrected chi connectivity index (χ4v) is 4.69. The van der Waals surface area contributed by atoms with E-state index in [4.69, 9.17) is 18.9 Å². The van der Waals surface area contributed by atoms with Gasteiger partial charge in [0, 0.05) is 19.4 Å². The SMILES string of the molecule is CC(C)OC(=O)OC(C)OC(=O)[C@H](C)C[C@@H](Cc1ccc(-c2ccccc2)cc1)NC(=O)CCC(=O)O[C@H](C)c1ccccc1. The van der Waals surface area contributed by atoms with E-state index in [9.17, 15) is 19.2 Å². The van der Waals surface area contributed by atoms with Crippen molar-refractivity contribution in [2.45, 2.75) is 84.8 Å². The minimum Gasteiger partial charge on any atom is -0.458 e. The predicted molar refractivity (Wildman–Crippen MR) is 170 cm³/mol. The zero-order valence-corrected chi connectivity index (χ0v) is 26.6. The van der Waals surface area contributed by atoms with Gasteiger partial charge in [-0.05, 0) is 55.9 Å². The summed E-state index contributed by atoms with van der Waals surface area (Å²) in [6.45, 7) is 8.25. The monoisotopic (exact) mass is 617 g/mol. The molecule has 3 aromatic carbocycles. The van der Waals surface area contributed by atoms with Gasteiger partial charge in [0.05, 0.1) is 18.4 Å². The number of benzene rings is 3. The molecule has 1 N–H and O–H groups in total. The zero-order chi connectivity index (χ0) is 32.8. The quantitative estimate of drug-likeness (QED) is 0.111. The highest BCUT2D eigenvalue weighted by Gasteiger charge is 2.25. The molecule has 0 saturated carbocycles. The topological polar surface area (TPSA) is 117 Å². The number of rotatable bonds is 15. The zero-order valence-electron chi connectivity index (χ0n) is 26.6. The summed E-state index contributed by atoms with van der Waals surface area (Å²) in [5, 5.41) is 2.99. The first-order chi connectivity index (χ1) is 21.5. The summed E-state index contributed by atoms with van der Waals surface area (Å²) in [6.07, 6.45) is -2.33. The van der Waals surface area contributed by atoms with Crippen LogP contribution in [0.2, 0.25) is 0 Å². The van der Waals surface area contributed by atoms with E-state index in [0.29, 0.717) is 6.42 Å². The molecule has 240 valence electrons. The summed E-state index contributed by atoms with van der Waals surface area (Å²) < 4.78 is 20.7. The van der Waals surface area contributed by atoms with Gasteiger partial charge in [0.15, 0.2) is 0 Å². The molecule has 0 saturated heterocycles. The average molecular weight is 618 g/mol. The van der Waals surface area contributed by atoms with E-state index in [0.717, 1.165) is 22.3 Å². The van der Waals surface area contributed by atoms with Crippen LogP contribution in [0, 0.1) is 5.92 Å². The molecular formula is C36H43NO8. The molecule has 9 heteroatoms. The number of esters is 2. The molecule has 0 aliphatic carbocycles. The molecule has 0 aliphatic rings. The Bertz CT molecular complexity index is 1380. The van der Waals surface area contributed by atoms with Crippen LogP contribution in [0.1, 0.15) is 71.1 Å².